The number of halogens is 1. The van der Waals surface area contributed by atoms with Crippen molar-refractivity contribution in [2.75, 3.05) is 62.8 Å². The van der Waals surface area contributed by atoms with Crippen LogP contribution in [0.25, 0.3) is 0 Å². The number of amides is 1. The van der Waals surface area contributed by atoms with Gasteiger partial charge in [-0.1, -0.05) is 17.7 Å². The minimum absolute atomic E-state index is 0.0869. The van der Waals surface area contributed by atoms with Crippen LogP contribution >= 0.6 is 11.6 Å². The zero-order valence-electron chi connectivity index (χ0n) is 16.7. The molecule has 1 fully saturated rings. The highest BCUT2D eigenvalue weighted by Gasteiger charge is 2.25. The Bertz CT molecular complexity index is 960. The van der Waals surface area contributed by atoms with Crippen LogP contribution < -0.4 is 24.4 Å². The topological polar surface area (TPSA) is 63.3 Å². The van der Waals surface area contributed by atoms with Crippen molar-refractivity contribution in [1.29, 1.82) is 0 Å². The Morgan fingerprint density at radius 2 is 1.80 bits per heavy atom. The number of hydrogen-bond acceptors (Lipinski definition) is 6. The molecule has 0 radical (unpaired) electrons. The quantitative estimate of drug-likeness (QED) is 0.806. The van der Waals surface area contributed by atoms with Gasteiger partial charge in [0.1, 0.15) is 19.0 Å². The van der Waals surface area contributed by atoms with Gasteiger partial charge in [0.05, 0.1) is 11.4 Å². The van der Waals surface area contributed by atoms with Gasteiger partial charge in [-0.2, -0.15) is 0 Å². The fourth-order valence-electron chi connectivity index (χ4n) is 4.12. The van der Waals surface area contributed by atoms with Crippen LogP contribution in [0.2, 0.25) is 5.02 Å². The largest absolute Gasteiger partial charge is 0.486 e. The molecule has 0 bridgehead atoms. The third-order valence-electron chi connectivity index (χ3n) is 5.69. The maximum absolute atomic E-state index is 11.5. The van der Waals surface area contributed by atoms with E-state index < -0.39 is 0 Å². The molecular formula is C22H24ClN3O4. The lowest BCUT2D eigenvalue weighted by molar-refractivity contribution is -0.118. The van der Waals surface area contributed by atoms with Crippen LogP contribution in [0.5, 0.6) is 17.2 Å². The van der Waals surface area contributed by atoms with E-state index in [1.54, 1.807) is 0 Å². The standard InChI is InChI=1S/C22H24ClN3O4/c23-16-12-18(22-20(13-16)28-9-10-29-22)26-7-5-25(6-8-26)4-3-15-1-2-19-17(11-15)24-21(27)14-30-19/h1-2,11-13H,3-10,14H2,(H,24,27). The van der Waals surface area contributed by atoms with Crippen LogP contribution in [0.1, 0.15) is 5.56 Å². The van der Waals surface area contributed by atoms with Gasteiger partial charge in [0.25, 0.3) is 5.91 Å². The molecule has 1 N–H and O–H groups in total. The van der Waals surface area contributed by atoms with Gasteiger partial charge < -0.3 is 24.4 Å². The number of ether oxygens (including phenoxy) is 3. The second-order valence-corrected chi connectivity index (χ2v) is 8.13. The molecule has 5 rings (SSSR count). The highest BCUT2D eigenvalue weighted by molar-refractivity contribution is 6.31. The number of anilines is 2. The summed E-state index contributed by atoms with van der Waals surface area (Å²) in [4.78, 5) is 16.3. The second kappa shape index (κ2) is 8.24. The monoisotopic (exact) mass is 429 g/mol. The van der Waals surface area contributed by atoms with Crippen LogP contribution in [-0.2, 0) is 11.2 Å². The second-order valence-electron chi connectivity index (χ2n) is 7.70. The van der Waals surface area contributed by atoms with Gasteiger partial charge in [0.15, 0.2) is 18.1 Å². The average Bonchev–Trinajstić information content (AvgIpc) is 2.77. The van der Waals surface area contributed by atoms with Gasteiger partial charge in [0.2, 0.25) is 0 Å². The van der Waals surface area contributed by atoms with Crippen molar-refractivity contribution in [2.24, 2.45) is 0 Å². The predicted molar refractivity (Wildman–Crippen MR) is 115 cm³/mol. The maximum Gasteiger partial charge on any atom is 0.262 e. The molecule has 2 aromatic rings. The van der Waals surface area contributed by atoms with Crippen LogP contribution in [0, 0.1) is 0 Å². The van der Waals surface area contributed by atoms with E-state index in [0.29, 0.717) is 18.2 Å². The third kappa shape index (κ3) is 4.00. The number of carbonyl (C=O) groups is 1. The maximum atomic E-state index is 11.5. The first kappa shape index (κ1) is 19.3. The number of piperazine rings is 1. The van der Waals surface area contributed by atoms with Crippen molar-refractivity contribution in [3.05, 3.63) is 40.9 Å². The van der Waals surface area contributed by atoms with E-state index in [1.165, 1.54) is 5.56 Å². The minimum atomic E-state index is -0.103. The van der Waals surface area contributed by atoms with E-state index >= 15 is 0 Å². The Balaban J connectivity index is 1.19. The van der Waals surface area contributed by atoms with E-state index in [-0.39, 0.29) is 12.5 Å². The Kier molecular flexibility index (Phi) is 5.31. The van der Waals surface area contributed by atoms with Gasteiger partial charge >= 0.3 is 0 Å². The van der Waals surface area contributed by atoms with Gasteiger partial charge in [-0.05, 0) is 30.2 Å². The number of rotatable bonds is 4. The van der Waals surface area contributed by atoms with E-state index in [9.17, 15) is 4.79 Å². The lowest BCUT2D eigenvalue weighted by Gasteiger charge is -2.37. The van der Waals surface area contributed by atoms with Crippen molar-refractivity contribution < 1.29 is 19.0 Å². The molecule has 0 saturated carbocycles. The van der Waals surface area contributed by atoms with E-state index in [2.05, 4.69) is 21.2 Å². The molecule has 0 aliphatic carbocycles. The number of fused-ring (bicyclic) bond motifs is 2. The Morgan fingerprint density at radius 3 is 2.67 bits per heavy atom. The van der Waals surface area contributed by atoms with Crippen LogP contribution in [0.3, 0.4) is 0 Å². The number of benzene rings is 2. The lowest BCUT2D eigenvalue weighted by atomic mass is 10.1. The Labute approximate surface area is 180 Å². The summed E-state index contributed by atoms with van der Waals surface area (Å²) in [5.74, 6) is 2.17. The average molecular weight is 430 g/mol. The van der Waals surface area contributed by atoms with E-state index in [0.717, 1.165) is 67.8 Å². The number of nitrogens with one attached hydrogen (secondary N) is 1. The zero-order valence-corrected chi connectivity index (χ0v) is 17.4. The summed E-state index contributed by atoms with van der Waals surface area (Å²) in [6, 6.07) is 9.81. The Morgan fingerprint density at radius 1 is 0.967 bits per heavy atom. The normalized spacial score (nSPS) is 18.4. The summed E-state index contributed by atoms with van der Waals surface area (Å²) in [5.41, 5.74) is 2.97. The van der Waals surface area contributed by atoms with Crippen molar-refractivity contribution in [1.82, 2.24) is 4.90 Å². The number of nitrogens with zero attached hydrogens (tertiary/aromatic N) is 2. The molecule has 8 heteroatoms. The highest BCUT2D eigenvalue weighted by Crippen LogP contribution is 2.42. The van der Waals surface area contributed by atoms with Crippen LogP contribution in [0.15, 0.2) is 30.3 Å². The number of carbonyl (C=O) groups excluding carboxylic acids is 1. The molecule has 3 aliphatic rings. The molecule has 1 amide bonds. The molecule has 0 spiro atoms. The molecule has 7 nitrogen and oxygen atoms in total. The third-order valence-corrected chi connectivity index (χ3v) is 5.91. The molecule has 158 valence electrons. The molecular weight excluding hydrogens is 406 g/mol. The first-order valence-electron chi connectivity index (χ1n) is 10.3. The molecule has 0 aromatic heterocycles. The summed E-state index contributed by atoms with van der Waals surface area (Å²) < 4.78 is 17.0. The molecule has 3 heterocycles. The summed E-state index contributed by atoms with van der Waals surface area (Å²) >= 11 is 6.30. The fraction of sp³-hybridized carbons (Fsp3) is 0.409. The summed E-state index contributed by atoms with van der Waals surface area (Å²) in [7, 11) is 0. The molecule has 30 heavy (non-hydrogen) atoms. The van der Waals surface area contributed by atoms with Crippen molar-refractivity contribution in [3.63, 3.8) is 0 Å². The zero-order chi connectivity index (χ0) is 20.5. The van der Waals surface area contributed by atoms with E-state index in [4.69, 9.17) is 25.8 Å². The molecule has 2 aromatic carbocycles. The highest BCUT2D eigenvalue weighted by atomic mass is 35.5. The summed E-state index contributed by atoms with van der Waals surface area (Å²) in [5, 5.41) is 3.54. The lowest BCUT2D eigenvalue weighted by Crippen LogP contribution is -2.47. The van der Waals surface area contributed by atoms with Gasteiger partial charge in [0, 0.05) is 43.8 Å². The van der Waals surface area contributed by atoms with Crippen molar-refractivity contribution >= 4 is 28.9 Å². The first-order valence-corrected chi connectivity index (χ1v) is 10.7. The first-order chi connectivity index (χ1) is 14.7. The fourth-order valence-corrected chi connectivity index (χ4v) is 4.33. The van der Waals surface area contributed by atoms with Gasteiger partial charge in [-0.3, -0.25) is 9.69 Å². The smallest absolute Gasteiger partial charge is 0.262 e. The minimum Gasteiger partial charge on any atom is -0.486 e. The van der Waals surface area contributed by atoms with Gasteiger partial charge in [-0.25, -0.2) is 0 Å². The summed E-state index contributed by atoms with van der Waals surface area (Å²) in [6.45, 7) is 5.92. The van der Waals surface area contributed by atoms with E-state index in [1.807, 2.05) is 24.3 Å². The molecule has 3 aliphatic heterocycles. The van der Waals surface area contributed by atoms with Crippen molar-refractivity contribution in [3.8, 4) is 17.2 Å². The molecule has 1 saturated heterocycles. The molecule has 0 unspecified atom stereocenters. The Hall–Kier alpha value is -2.64. The SMILES string of the molecule is O=C1COc2ccc(CCN3CCN(c4cc(Cl)cc5c4OCCO5)CC3)cc2N1. The van der Waals surface area contributed by atoms with Crippen LogP contribution in [0.4, 0.5) is 11.4 Å². The molecule has 0 atom stereocenters. The summed E-state index contributed by atoms with van der Waals surface area (Å²) in [6.07, 6.45) is 0.923. The predicted octanol–water partition coefficient (Wildman–Crippen LogP) is 2.81. The van der Waals surface area contributed by atoms with Crippen molar-refractivity contribution in [2.45, 2.75) is 6.42 Å². The number of hydrogen-bond donors (Lipinski definition) is 1. The van der Waals surface area contributed by atoms with Crippen LogP contribution in [-0.4, -0.2) is 63.4 Å². The van der Waals surface area contributed by atoms with Gasteiger partial charge in [-0.15, -0.1) is 0 Å².